The van der Waals surface area contributed by atoms with Crippen molar-refractivity contribution < 1.29 is 9.26 Å². The minimum Gasteiger partial charge on any atom is -0.381 e. The molecule has 0 aliphatic carbocycles. The number of rotatable bonds is 6. The molecule has 86 valence electrons. The molecule has 4 heteroatoms. The van der Waals surface area contributed by atoms with Crippen LogP contribution in [0, 0.1) is 5.92 Å². The monoisotopic (exact) mass is 212 g/mol. The number of nitrogen functional groups attached to an aromatic ring is 1. The Morgan fingerprint density at radius 2 is 2.20 bits per heavy atom. The topological polar surface area (TPSA) is 61.3 Å². The molecule has 0 saturated heterocycles. The highest BCUT2D eigenvalue weighted by Crippen LogP contribution is 2.20. The van der Waals surface area contributed by atoms with Gasteiger partial charge in [-0.3, -0.25) is 0 Å². The summed E-state index contributed by atoms with van der Waals surface area (Å²) in [5, 5.41) is 3.96. The molecule has 0 bridgehead atoms. The van der Waals surface area contributed by atoms with Gasteiger partial charge in [-0.1, -0.05) is 19.0 Å². The molecule has 0 radical (unpaired) electrons. The van der Waals surface area contributed by atoms with E-state index in [4.69, 9.17) is 15.0 Å². The molecular formula is C11H20N2O2. The van der Waals surface area contributed by atoms with Crippen molar-refractivity contribution in [3.63, 3.8) is 0 Å². The maximum atomic E-state index is 5.72. The van der Waals surface area contributed by atoms with Crippen LogP contribution in [0.2, 0.25) is 0 Å². The molecule has 4 nitrogen and oxygen atoms in total. The van der Waals surface area contributed by atoms with Gasteiger partial charge in [-0.15, -0.1) is 0 Å². The van der Waals surface area contributed by atoms with Gasteiger partial charge >= 0.3 is 0 Å². The molecule has 1 rings (SSSR count). The Morgan fingerprint density at radius 1 is 1.47 bits per heavy atom. The second kappa shape index (κ2) is 5.75. The second-order valence-electron chi connectivity index (χ2n) is 4.02. The first-order chi connectivity index (χ1) is 7.15. The fraction of sp³-hybridized carbons (Fsp3) is 0.727. The van der Waals surface area contributed by atoms with Crippen molar-refractivity contribution >= 4 is 5.88 Å². The van der Waals surface area contributed by atoms with E-state index < -0.39 is 0 Å². The Labute approximate surface area is 90.8 Å². The average molecular weight is 212 g/mol. The summed E-state index contributed by atoms with van der Waals surface area (Å²) >= 11 is 0. The lowest BCUT2D eigenvalue weighted by Crippen LogP contribution is -2.04. The van der Waals surface area contributed by atoms with Gasteiger partial charge in [0.1, 0.15) is 0 Å². The van der Waals surface area contributed by atoms with E-state index in [1.165, 1.54) is 0 Å². The zero-order chi connectivity index (χ0) is 11.3. The molecule has 0 saturated carbocycles. The van der Waals surface area contributed by atoms with Crippen molar-refractivity contribution in [2.75, 3.05) is 18.9 Å². The smallest absolute Gasteiger partial charge is 0.225 e. The van der Waals surface area contributed by atoms with Crippen LogP contribution in [0.3, 0.4) is 0 Å². The molecule has 0 fully saturated rings. The number of hydrogen-bond acceptors (Lipinski definition) is 4. The van der Waals surface area contributed by atoms with E-state index in [-0.39, 0.29) is 0 Å². The van der Waals surface area contributed by atoms with Crippen molar-refractivity contribution in [2.24, 2.45) is 5.92 Å². The molecule has 15 heavy (non-hydrogen) atoms. The summed E-state index contributed by atoms with van der Waals surface area (Å²) in [4.78, 5) is 0. The van der Waals surface area contributed by atoms with E-state index in [1.54, 1.807) is 0 Å². The Bertz CT molecular complexity index is 295. The summed E-state index contributed by atoms with van der Waals surface area (Å²) in [7, 11) is 0. The molecule has 0 aromatic carbocycles. The lowest BCUT2D eigenvalue weighted by atomic mass is 10.0. The number of hydrogen-bond donors (Lipinski definition) is 1. The maximum absolute atomic E-state index is 5.72. The molecule has 0 spiro atoms. The predicted octanol–water partition coefficient (Wildman–Crippen LogP) is 2.03. The Kier molecular flexibility index (Phi) is 4.62. The number of ether oxygens (including phenoxy) is 1. The van der Waals surface area contributed by atoms with Crippen LogP contribution in [0.1, 0.15) is 32.0 Å². The van der Waals surface area contributed by atoms with Crippen molar-refractivity contribution in [3.05, 3.63) is 11.3 Å². The Morgan fingerprint density at radius 3 is 2.80 bits per heavy atom. The molecule has 1 aromatic heterocycles. The van der Waals surface area contributed by atoms with E-state index in [9.17, 15) is 0 Å². The predicted molar refractivity (Wildman–Crippen MR) is 59.7 cm³/mol. The minimum absolute atomic E-state index is 0.454. The van der Waals surface area contributed by atoms with Crippen molar-refractivity contribution in [1.29, 1.82) is 0 Å². The quantitative estimate of drug-likeness (QED) is 0.733. The van der Waals surface area contributed by atoms with Gasteiger partial charge in [-0.05, 0) is 19.3 Å². The largest absolute Gasteiger partial charge is 0.381 e. The first-order valence-corrected chi connectivity index (χ1v) is 5.45. The molecule has 0 aliphatic rings. The fourth-order valence-corrected chi connectivity index (χ4v) is 1.49. The van der Waals surface area contributed by atoms with Crippen LogP contribution in [0.4, 0.5) is 5.88 Å². The van der Waals surface area contributed by atoms with E-state index in [2.05, 4.69) is 19.0 Å². The highest BCUT2D eigenvalue weighted by molar-refractivity contribution is 5.39. The molecule has 0 atom stereocenters. The molecule has 2 N–H and O–H groups in total. The van der Waals surface area contributed by atoms with E-state index in [0.717, 1.165) is 30.7 Å². The number of aromatic nitrogens is 1. The fourth-order valence-electron chi connectivity index (χ4n) is 1.49. The summed E-state index contributed by atoms with van der Waals surface area (Å²) < 4.78 is 10.3. The number of nitrogens with two attached hydrogens (primary N) is 1. The summed E-state index contributed by atoms with van der Waals surface area (Å²) in [6, 6.07) is 0. The van der Waals surface area contributed by atoms with Crippen LogP contribution in [-0.2, 0) is 17.6 Å². The van der Waals surface area contributed by atoms with Crippen LogP contribution in [0.25, 0.3) is 0 Å². The van der Waals surface area contributed by atoms with E-state index in [1.807, 2.05) is 6.92 Å². The van der Waals surface area contributed by atoms with Crippen LogP contribution >= 0.6 is 0 Å². The zero-order valence-electron chi connectivity index (χ0n) is 9.75. The third kappa shape index (κ3) is 3.55. The lowest BCUT2D eigenvalue weighted by molar-refractivity contribution is 0.149. The van der Waals surface area contributed by atoms with Gasteiger partial charge in [0.25, 0.3) is 0 Å². The van der Waals surface area contributed by atoms with Gasteiger partial charge in [0.05, 0.1) is 12.3 Å². The number of nitrogens with zero attached hydrogens (tertiary/aromatic N) is 1. The van der Waals surface area contributed by atoms with Crippen LogP contribution in [-0.4, -0.2) is 18.4 Å². The lowest BCUT2D eigenvalue weighted by Gasteiger charge is -2.05. The molecule has 0 unspecified atom stereocenters. The molecule has 0 aliphatic heterocycles. The van der Waals surface area contributed by atoms with E-state index >= 15 is 0 Å². The zero-order valence-corrected chi connectivity index (χ0v) is 9.75. The van der Waals surface area contributed by atoms with Gasteiger partial charge in [0.2, 0.25) is 5.88 Å². The highest BCUT2D eigenvalue weighted by atomic mass is 16.5. The SMILES string of the molecule is CCOCCc1noc(N)c1CC(C)C. The molecule has 1 aromatic rings. The molecular weight excluding hydrogens is 192 g/mol. The van der Waals surface area contributed by atoms with Gasteiger partial charge < -0.3 is 15.0 Å². The molecule has 1 heterocycles. The second-order valence-corrected chi connectivity index (χ2v) is 4.02. The van der Waals surface area contributed by atoms with Gasteiger partial charge in [0, 0.05) is 18.6 Å². The minimum atomic E-state index is 0.454. The summed E-state index contributed by atoms with van der Waals surface area (Å²) in [6.45, 7) is 7.68. The standard InChI is InChI=1S/C11H20N2O2/c1-4-14-6-5-10-9(7-8(2)3)11(12)15-13-10/h8H,4-7,12H2,1-3H3. The van der Waals surface area contributed by atoms with E-state index in [0.29, 0.717) is 18.4 Å². The third-order valence-corrected chi connectivity index (χ3v) is 2.20. The summed E-state index contributed by atoms with van der Waals surface area (Å²) in [5.74, 6) is 1.01. The van der Waals surface area contributed by atoms with Gasteiger partial charge in [-0.2, -0.15) is 0 Å². The van der Waals surface area contributed by atoms with Crippen LogP contribution in [0.15, 0.2) is 4.52 Å². The highest BCUT2D eigenvalue weighted by Gasteiger charge is 2.14. The Balaban J connectivity index is 2.62. The first kappa shape index (κ1) is 12.0. The van der Waals surface area contributed by atoms with Gasteiger partial charge in [-0.25, -0.2) is 0 Å². The maximum Gasteiger partial charge on any atom is 0.225 e. The van der Waals surface area contributed by atoms with Crippen LogP contribution in [0.5, 0.6) is 0 Å². The van der Waals surface area contributed by atoms with Crippen molar-refractivity contribution in [3.8, 4) is 0 Å². The third-order valence-electron chi connectivity index (χ3n) is 2.20. The molecule has 0 amide bonds. The van der Waals surface area contributed by atoms with Gasteiger partial charge in [0.15, 0.2) is 0 Å². The Hall–Kier alpha value is -1.03. The van der Waals surface area contributed by atoms with Crippen LogP contribution < -0.4 is 5.73 Å². The van der Waals surface area contributed by atoms with Crippen molar-refractivity contribution in [1.82, 2.24) is 5.16 Å². The normalized spacial score (nSPS) is 11.2. The van der Waals surface area contributed by atoms with Crippen molar-refractivity contribution in [2.45, 2.75) is 33.6 Å². The first-order valence-electron chi connectivity index (χ1n) is 5.45. The number of anilines is 1. The summed E-state index contributed by atoms with van der Waals surface area (Å²) in [5.41, 5.74) is 7.71. The summed E-state index contributed by atoms with van der Waals surface area (Å²) in [6.07, 6.45) is 1.69. The average Bonchev–Trinajstić information content (AvgIpc) is 2.49.